The van der Waals surface area contributed by atoms with E-state index in [1.807, 2.05) is 0 Å². The van der Waals surface area contributed by atoms with Crippen LogP contribution in [0.4, 0.5) is 5.69 Å². The number of ether oxygens (including phenoxy) is 2. The Labute approximate surface area is 248 Å². The van der Waals surface area contributed by atoms with Crippen LogP contribution in [0.2, 0.25) is 0 Å². The highest BCUT2D eigenvalue weighted by Crippen LogP contribution is 2.46. The summed E-state index contributed by atoms with van der Waals surface area (Å²) in [5.74, 6) is 1.70. The van der Waals surface area contributed by atoms with E-state index in [1.54, 1.807) is 14.2 Å². The summed E-state index contributed by atoms with van der Waals surface area (Å²) in [4.78, 5) is 2.60. The standard InChI is InChI=1S/C38H32BNO2/c1-26-13-14-30-24-35-38(29-17-21-32(42-3)22-18-29)37(28-15-19-31(41-2)20-16-28)33-11-7-8-12-34(33)39(35)40(36(30)23-26)25-27-9-5-4-6-10-27/h4-24H,25H2,1-3H3. The molecule has 0 bridgehead atoms. The van der Waals surface area contributed by atoms with E-state index >= 15 is 0 Å². The topological polar surface area (TPSA) is 21.7 Å². The van der Waals surface area contributed by atoms with Crippen molar-refractivity contribution in [1.29, 1.82) is 0 Å². The minimum absolute atomic E-state index is 0.0507. The lowest BCUT2D eigenvalue weighted by Gasteiger charge is -2.42. The number of fused-ring (bicyclic) bond motifs is 4. The van der Waals surface area contributed by atoms with E-state index in [0.29, 0.717) is 0 Å². The van der Waals surface area contributed by atoms with Crippen molar-refractivity contribution < 1.29 is 9.47 Å². The van der Waals surface area contributed by atoms with Crippen molar-refractivity contribution in [2.75, 3.05) is 19.0 Å². The van der Waals surface area contributed by atoms with E-state index in [2.05, 4.69) is 139 Å². The van der Waals surface area contributed by atoms with Crippen molar-refractivity contribution >= 4 is 35.2 Å². The number of allylic oxidation sites excluding steroid dienone is 2. The van der Waals surface area contributed by atoms with Gasteiger partial charge in [0, 0.05) is 12.2 Å². The van der Waals surface area contributed by atoms with Crippen LogP contribution in [0.3, 0.4) is 0 Å². The van der Waals surface area contributed by atoms with Crippen LogP contribution in [0.25, 0.3) is 17.2 Å². The Morgan fingerprint density at radius 2 is 1.26 bits per heavy atom. The Balaban J connectivity index is 1.54. The average molecular weight is 545 g/mol. The van der Waals surface area contributed by atoms with Gasteiger partial charge in [-0.3, -0.25) is 0 Å². The Morgan fingerprint density at radius 1 is 0.643 bits per heavy atom. The highest BCUT2D eigenvalue weighted by Gasteiger charge is 2.42. The van der Waals surface area contributed by atoms with E-state index < -0.39 is 0 Å². The summed E-state index contributed by atoms with van der Waals surface area (Å²) in [5.41, 5.74) is 13.7. The van der Waals surface area contributed by atoms with Crippen LogP contribution in [0.5, 0.6) is 11.5 Å². The van der Waals surface area contributed by atoms with Gasteiger partial charge in [-0.25, -0.2) is 0 Å². The normalized spacial score (nSPS) is 13.6. The van der Waals surface area contributed by atoms with Crippen LogP contribution >= 0.6 is 0 Å². The highest BCUT2D eigenvalue weighted by atomic mass is 16.5. The lowest BCUT2D eigenvalue weighted by Crippen LogP contribution is -2.54. The van der Waals surface area contributed by atoms with E-state index in [4.69, 9.17) is 9.47 Å². The SMILES string of the molecule is COc1ccc(C2=C(c3ccc(OC)cc3)c3ccccc3B3C2=Cc2ccc(C)cc2N3Cc2ccccc2)cc1. The molecule has 2 aliphatic heterocycles. The molecule has 2 aliphatic rings. The molecular formula is C38H32BNO2. The molecule has 0 aliphatic carbocycles. The summed E-state index contributed by atoms with van der Waals surface area (Å²) >= 11 is 0. The number of benzene rings is 5. The molecule has 3 nitrogen and oxygen atoms in total. The number of rotatable bonds is 6. The molecule has 5 aromatic rings. The molecule has 0 fully saturated rings. The van der Waals surface area contributed by atoms with Crippen LogP contribution in [0, 0.1) is 6.92 Å². The maximum atomic E-state index is 5.54. The number of aryl methyl sites for hydroxylation is 1. The maximum absolute atomic E-state index is 5.54. The second-order valence-corrected chi connectivity index (χ2v) is 11.0. The Kier molecular flexibility index (Phi) is 6.67. The molecule has 2 heterocycles. The Morgan fingerprint density at radius 3 is 1.93 bits per heavy atom. The first kappa shape index (κ1) is 26.0. The van der Waals surface area contributed by atoms with Crippen molar-refractivity contribution in [3.63, 3.8) is 0 Å². The zero-order chi connectivity index (χ0) is 28.6. The number of hydrogen-bond donors (Lipinski definition) is 0. The smallest absolute Gasteiger partial charge is 0.325 e. The highest BCUT2D eigenvalue weighted by molar-refractivity contribution is 6.88. The van der Waals surface area contributed by atoms with E-state index in [0.717, 1.165) is 23.6 Å². The lowest BCUT2D eigenvalue weighted by atomic mass is 9.40. The summed E-state index contributed by atoms with van der Waals surface area (Å²) in [7, 11) is 3.43. The minimum Gasteiger partial charge on any atom is -0.497 e. The van der Waals surface area contributed by atoms with E-state index in [9.17, 15) is 0 Å². The zero-order valence-corrected chi connectivity index (χ0v) is 24.2. The van der Waals surface area contributed by atoms with Crippen molar-refractivity contribution in [2.45, 2.75) is 13.5 Å². The maximum Gasteiger partial charge on any atom is 0.325 e. The minimum atomic E-state index is 0.0507. The average Bonchev–Trinajstić information content (AvgIpc) is 3.05. The molecule has 0 N–H and O–H groups in total. The van der Waals surface area contributed by atoms with Crippen LogP contribution < -0.4 is 19.7 Å². The van der Waals surface area contributed by atoms with Gasteiger partial charge < -0.3 is 14.3 Å². The van der Waals surface area contributed by atoms with Gasteiger partial charge in [-0.2, -0.15) is 0 Å². The van der Waals surface area contributed by atoms with Gasteiger partial charge in [-0.15, -0.1) is 0 Å². The molecule has 0 radical (unpaired) electrons. The lowest BCUT2D eigenvalue weighted by molar-refractivity contribution is 0.414. The second-order valence-electron chi connectivity index (χ2n) is 11.0. The van der Waals surface area contributed by atoms with Gasteiger partial charge in [0.15, 0.2) is 0 Å². The third-order valence-corrected chi connectivity index (χ3v) is 8.43. The largest absolute Gasteiger partial charge is 0.497 e. The number of hydrogen-bond acceptors (Lipinski definition) is 3. The third kappa shape index (κ3) is 4.50. The van der Waals surface area contributed by atoms with Crippen molar-refractivity contribution in [3.05, 3.63) is 160 Å². The van der Waals surface area contributed by atoms with Crippen LogP contribution in [0.1, 0.15) is 33.4 Å². The number of anilines is 1. The first-order chi connectivity index (χ1) is 20.6. The fourth-order valence-corrected chi connectivity index (χ4v) is 6.45. The van der Waals surface area contributed by atoms with Crippen LogP contribution in [-0.2, 0) is 6.54 Å². The van der Waals surface area contributed by atoms with Crippen LogP contribution in [-0.4, -0.2) is 21.1 Å². The summed E-state index contributed by atoms with van der Waals surface area (Å²) in [6.07, 6.45) is 2.42. The summed E-state index contributed by atoms with van der Waals surface area (Å²) in [6, 6.07) is 43.5. The molecule has 4 heteroatoms. The summed E-state index contributed by atoms with van der Waals surface area (Å²) < 4.78 is 11.1. The molecule has 7 rings (SSSR count). The molecule has 0 saturated carbocycles. The monoisotopic (exact) mass is 545 g/mol. The van der Waals surface area contributed by atoms with Crippen LogP contribution in [0.15, 0.2) is 127 Å². The molecule has 5 aromatic carbocycles. The first-order valence-electron chi connectivity index (χ1n) is 14.4. The molecule has 0 aromatic heterocycles. The second kappa shape index (κ2) is 10.8. The number of methoxy groups -OCH3 is 2. The fourth-order valence-electron chi connectivity index (χ4n) is 6.45. The molecular weight excluding hydrogens is 513 g/mol. The van der Waals surface area contributed by atoms with Gasteiger partial charge >= 0.3 is 6.85 Å². The molecule has 0 saturated heterocycles. The van der Waals surface area contributed by atoms with Crippen molar-refractivity contribution in [3.8, 4) is 11.5 Å². The Bertz CT molecular complexity index is 1820. The number of nitrogens with zero attached hydrogens (tertiary/aromatic N) is 1. The van der Waals surface area contributed by atoms with Gasteiger partial charge in [0.2, 0.25) is 0 Å². The first-order valence-corrected chi connectivity index (χ1v) is 14.4. The van der Waals surface area contributed by atoms with Gasteiger partial charge in [0.1, 0.15) is 11.5 Å². The van der Waals surface area contributed by atoms with Gasteiger partial charge in [0.25, 0.3) is 0 Å². The molecule has 0 atom stereocenters. The molecule has 0 unspecified atom stereocenters. The predicted molar refractivity (Wildman–Crippen MR) is 176 cm³/mol. The zero-order valence-electron chi connectivity index (χ0n) is 24.2. The van der Waals surface area contributed by atoms with E-state index in [-0.39, 0.29) is 6.85 Å². The summed E-state index contributed by atoms with van der Waals surface area (Å²) in [5, 5.41) is 0. The van der Waals surface area contributed by atoms with E-state index in [1.165, 1.54) is 55.6 Å². The fraction of sp³-hybridized carbons (Fsp3) is 0.105. The summed E-state index contributed by atoms with van der Waals surface area (Å²) in [6.45, 7) is 3.04. The predicted octanol–water partition coefficient (Wildman–Crippen LogP) is 7.83. The van der Waals surface area contributed by atoms with Gasteiger partial charge in [0.05, 0.1) is 14.2 Å². The molecule has 42 heavy (non-hydrogen) atoms. The Hall–Kier alpha value is -4.96. The molecule has 0 spiro atoms. The van der Waals surface area contributed by atoms with Crippen molar-refractivity contribution in [2.24, 2.45) is 0 Å². The molecule has 204 valence electrons. The molecule has 0 amide bonds. The van der Waals surface area contributed by atoms with Crippen molar-refractivity contribution in [1.82, 2.24) is 0 Å². The van der Waals surface area contributed by atoms with Gasteiger partial charge in [-0.05, 0) is 92.7 Å². The quantitative estimate of drug-likeness (QED) is 0.203. The van der Waals surface area contributed by atoms with Gasteiger partial charge in [-0.1, -0.05) is 97.1 Å². The third-order valence-electron chi connectivity index (χ3n) is 8.43.